The SMILES string of the molecule is CCOC(=O)C1=C(C)N=c2s/c(=C/c3ccc(C)c(OC)c3)c(=O)n2[C@@H]1c1ccc(OCC(=O)OC)c(OCC)c1. The number of aromatic nitrogens is 1. The molecule has 1 aromatic heterocycles. The van der Waals surface area contributed by atoms with Crippen molar-refractivity contribution in [3.63, 3.8) is 0 Å². The second kappa shape index (κ2) is 12.9. The summed E-state index contributed by atoms with van der Waals surface area (Å²) in [4.78, 5) is 43.8. The van der Waals surface area contributed by atoms with Gasteiger partial charge in [-0.1, -0.05) is 29.5 Å². The fourth-order valence-corrected chi connectivity index (χ4v) is 5.51. The number of allylic oxidation sites excluding steroid dienone is 1. The largest absolute Gasteiger partial charge is 0.496 e. The first kappa shape index (κ1) is 29.6. The van der Waals surface area contributed by atoms with Gasteiger partial charge in [0.25, 0.3) is 5.56 Å². The van der Waals surface area contributed by atoms with Crippen LogP contribution in [0.4, 0.5) is 0 Å². The van der Waals surface area contributed by atoms with Gasteiger partial charge in [-0.05, 0) is 68.7 Å². The highest BCUT2D eigenvalue weighted by atomic mass is 32.1. The molecule has 0 radical (unpaired) electrons. The van der Waals surface area contributed by atoms with Gasteiger partial charge in [-0.15, -0.1) is 0 Å². The van der Waals surface area contributed by atoms with E-state index in [2.05, 4.69) is 9.73 Å². The van der Waals surface area contributed by atoms with E-state index in [1.54, 1.807) is 45.2 Å². The molecule has 11 heteroatoms. The molecule has 1 aliphatic heterocycles. The van der Waals surface area contributed by atoms with Gasteiger partial charge >= 0.3 is 11.9 Å². The highest BCUT2D eigenvalue weighted by Crippen LogP contribution is 2.36. The van der Waals surface area contributed by atoms with Gasteiger partial charge in [-0.2, -0.15) is 0 Å². The van der Waals surface area contributed by atoms with Crippen LogP contribution >= 0.6 is 11.3 Å². The molecule has 0 bridgehead atoms. The van der Waals surface area contributed by atoms with Crippen molar-refractivity contribution in [3.8, 4) is 17.2 Å². The number of benzene rings is 2. The lowest BCUT2D eigenvalue weighted by Crippen LogP contribution is -2.40. The molecular formula is C30H32N2O8S. The minimum atomic E-state index is -0.839. The molecular weight excluding hydrogens is 548 g/mol. The van der Waals surface area contributed by atoms with Gasteiger partial charge in [0.1, 0.15) is 5.75 Å². The van der Waals surface area contributed by atoms with E-state index < -0.39 is 18.0 Å². The summed E-state index contributed by atoms with van der Waals surface area (Å²) in [7, 11) is 2.87. The second-order valence-corrected chi connectivity index (χ2v) is 10.0. The molecule has 41 heavy (non-hydrogen) atoms. The van der Waals surface area contributed by atoms with Crippen molar-refractivity contribution < 1.29 is 33.3 Å². The van der Waals surface area contributed by atoms with Crippen LogP contribution in [0.1, 0.15) is 43.5 Å². The molecule has 2 heterocycles. The van der Waals surface area contributed by atoms with E-state index >= 15 is 0 Å². The van der Waals surface area contributed by atoms with Gasteiger partial charge < -0.3 is 23.7 Å². The van der Waals surface area contributed by atoms with E-state index in [4.69, 9.17) is 18.9 Å². The first-order chi connectivity index (χ1) is 19.7. The Labute approximate surface area is 241 Å². The third kappa shape index (κ3) is 6.19. The zero-order chi connectivity index (χ0) is 29.7. The molecule has 0 aliphatic carbocycles. The van der Waals surface area contributed by atoms with Crippen LogP contribution in [0.25, 0.3) is 6.08 Å². The van der Waals surface area contributed by atoms with Crippen molar-refractivity contribution in [1.29, 1.82) is 0 Å². The highest BCUT2D eigenvalue weighted by Gasteiger charge is 2.34. The molecule has 0 amide bonds. The molecule has 0 fully saturated rings. The van der Waals surface area contributed by atoms with Gasteiger partial charge in [0, 0.05) is 0 Å². The Morgan fingerprint density at radius 2 is 1.78 bits per heavy atom. The third-order valence-electron chi connectivity index (χ3n) is 6.40. The number of thiazole rings is 1. The van der Waals surface area contributed by atoms with E-state index in [0.717, 1.165) is 11.1 Å². The molecule has 216 valence electrons. The zero-order valence-corrected chi connectivity index (χ0v) is 24.6. The van der Waals surface area contributed by atoms with Crippen LogP contribution in [-0.4, -0.2) is 50.5 Å². The standard InChI is InChI=1S/C30H32N2O8S/c1-7-38-23-15-20(11-12-21(23)40-16-25(33)37-6)27-26(29(35)39-8-2)18(4)31-30-32(27)28(34)24(41-30)14-19-10-9-17(3)22(13-19)36-5/h9-15,27H,7-8,16H2,1-6H3/b24-14+/t27-/m1/s1. The summed E-state index contributed by atoms with van der Waals surface area (Å²) >= 11 is 1.23. The predicted molar refractivity (Wildman–Crippen MR) is 153 cm³/mol. The molecule has 1 aliphatic rings. The summed E-state index contributed by atoms with van der Waals surface area (Å²) in [5.41, 5.74) is 2.74. The van der Waals surface area contributed by atoms with Gasteiger partial charge in [0.2, 0.25) is 0 Å². The van der Waals surface area contributed by atoms with Crippen LogP contribution in [0.3, 0.4) is 0 Å². The maximum absolute atomic E-state index is 13.9. The van der Waals surface area contributed by atoms with Crippen LogP contribution in [-0.2, 0) is 19.1 Å². The van der Waals surface area contributed by atoms with Crippen molar-refractivity contribution in [2.75, 3.05) is 34.0 Å². The Hall–Kier alpha value is -4.38. The summed E-state index contributed by atoms with van der Waals surface area (Å²) in [6, 6.07) is 9.91. The number of ether oxygens (including phenoxy) is 5. The smallest absolute Gasteiger partial charge is 0.343 e. The normalized spacial score (nSPS) is 14.7. The average Bonchev–Trinajstić information content (AvgIpc) is 3.26. The van der Waals surface area contributed by atoms with Crippen molar-refractivity contribution >= 4 is 29.4 Å². The van der Waals surface area contributed by atoms with Gasteiger partial charge in [-0.25, -0.2) is 14.6 Å². The fraction of sp³-hybridized carbons (Fsp3) is 0.333. The summed E-state index contributed by atoms with van der Waals surface area (Å²) in [6.45, 7) is 7.37. The summed E-state index contributed by atoms with van der Waals surface area (Å²) < 4.78 is 28.8. The Morgan fingerprint density at radius 1 is 1.00 bits per heavy atom. The predicted octanol–water partition coefficient (Wildman–Crippen LogP) is 3.07. The van der Waals surface area contributed by atoms with Crippen molar-refractivity contribution in [2.45, 2.75) is 33.7 Å². The minimum absolute atomic E-state index is 0.159. The highest BCUT2D eigenvalue weighted by molar-refractivity contribution is 7.07. The number of hydrogen-bond donors (Lipinski definition) is 0. The van der Waals surface area contributed by atoms with Crippen LogP contribution in [0.2, 0.25) is 0 Å². The van der Waals surface area contributed by atoms with Crippen molar-refractivity contribution in [2.24, 2.45) is 4.99 Å². The number of fused-ring (bicyclic) bond motifs is 1. The minimum Gasteiger partial charge on any atom is -0.496 e. The molecule has 4 rings (SSSR count). The van der Waals surface area contributed by atoms with E-state index in [1.807, 2.05) is 32.0 Å². The maximum atomic E-state index is 13.9. The van der Waals surface area contributed by atoms with Gasteiger partial charge in [-0.3, -0.25) is 9.36 Å². The lowest BCUT2D eigenvalue weighted by molar-refractivity contribution is -0.143. The lowest BCUT2D eigenvalue weighted by atomic mass is 9.95. The number of carbonyl (C=O) groups excluding carboxylic acids is 2. The van der Waals surface area contributed by atoms with E-state index in [1.165, 1.54) is 23.0 Å². The fourth-order valence-electron chi connectivity index (χ4n) is 4.46. The van der Waals surface area contributed by atoms with Crippen LogP contribution in [0.5, 0.6) is 17.2 Å². The molecule has 10 nitrogen and oxygen atoms in total. The van der Waals surface area contributed by atoms with Crippen LogP contribution in [0, 0.1) is 6.92 Å². The molecule has 0 spiro atoms. The topological polar surface area (TPSA) is 115 Å². The Balaban J connectivity index is 1.90. The molecule has 0 N–H and O–H groups in total. The lowest BCUT2D eigenvalue weighted by Gasteiger charge is -2.25. The molecule has 0 unspecified atom stereocenters. The van der Waals surface area contributed by atoms with E-state index in [-0.39, 0.29) is 24.3 Å². The Bertz CT molecular complexity index is 1690. The summed E-state index contributed by atoms with van der Waals surface area (Å²) in [6.07, 6.45) is 1.78. The first-order valence-corrected chi connectivity index (χ1v) is 13.8. The van der Waals surface area contributed by atoms with Gasteiger partial charge in [0.15, 0.2) is 22.9 Å². The molecule has 1 atom stereocenters. The van der Waals surface area contributed by atoms with E-state index in [0.29, 0.717) is 44.4 Å². The van der Waals surface area contributed by atoms with Crippen LogP contribution < -0.4 is 29.1 Å². The zero-order valence-electron chi connectivity index (χ0n) is 23.8. The second-order valence-electron chi connectivity index (χ2n) is 9.04. The number of methoxy groups -OCH3 is 2. The number of esters is 2. The summed E-state index contributed by atoms with van der Waals surface area (Å²) in [5, 5.41) is 0. The number of nitrogens with zero attached hydrogens (tertiary/aromatic N) is 2. The number of aryl methyl sites for hydroxylation is 1. The third-order valence-corrected chi connectivity index (χ3v) is 7.39. The molecule has 0 saturated carbocycles. The Morgan fingerprint density at radius 3 is 2.46 bits per heavy atom. The first-order valence-electron chi connectivity index (χ1n) is 13.0. The molecule has 0 saturated heterocycles. The number of rotatable bonds is 10. The van der Waals surface area contributed by atoms with Crippen molar-refractivity contribution in [1.82, 2.24) is 4.57 Å². The van der Waals surface area contributed by atoms with Crippen LogP contribution in [0.15, 0.2) is 57.5 Å². The van der Waals surface area contributed by atoms with E-state index in [9.17, 15) is 14.4 Å². The quantitative estimate of drug-likeness (QED) is 0.336. The van der Waals surface area contributed by atoms with Crippen molar-refractivity contribution in [3.05, 3.63) is 84.0 Å². The Kier molecular flexibility index (Phi) is 9.28. The molecule has 3 aromatic rings. The van der Waals surface area contributed by atoms with Gasteiger partial charge in [0.05, 0.1) is 49.3 Å². The number of hydrogen-bond acceptors (Lipinski definition) is 10. The maximum Gasteiger partial charge on any atom is 0.343 e. The average molecular weight is 581 g/mol. The summed E-state index contributed by atoms with van der Waals surface area (Å²) in [5.74, 6) is 0.266. The number of carbonyl (C=O) groups is 2. The monoisotopic (exact) mass is 580 g/mol. The molecule has 2 aromatic carbocycles.